The van der Waals surface area contributed by atoms with Crippen molar-refractivity contribution in [2.45, 2.75) is 38.3 Å². The third-order valence-corrected chi connectivity index (χ3v) is 6.69. The number of benzene rings is 2. The number of nitrogens with zero attached hydrogens (tertiary/aromatic N) is 3. The van der Waals surface area contributed by atoms with E-state index in [0.29, 0.717) is 37.2 Å². The first-order valence-electron chi connectivity index (χ1n) is 11.5. The highest BCUT2D eigenvalue weighted by molar-refractivity contribution is 6.22. The molecule has 5 rings (SSSR count). The molecule has 2 aliphatic heterocycles. The van der Waals surface area contributed by atoms with Gasteiger partial charge in [0.15, 0.2) is 0 Å². The first-order chi connectivity index (χ1) is 16.5. The molecule has 9 heteroatoms. The second-order valence-corrected chi connectivity index (χ2v) is 8.64. The summed E-state index contributed by atoms with van der Waals surface area (Å²) in [5, 5.41) is 0. The summed E-state index contributed by atoms with van der Waals surface area (Å²) in [6, 6.07) is 13.5. The SMILES string of the molecule is CCOC(=O)c1ccc(N2C(=O)CC(N3CCC(n4c(=O)[nH]c5ccccc54)CC3)C2=O)cc1. The molecule has 2 amide bonds. The second kappa shape index (κ2) is 8.90. The zero-order valence-corrected chi connectivity index (χ0v) is 18.9. The average Bonchev–Trinajstić information content (AvgIpc) is 3.34. The van der Waals surface area contributed by atoms with E-state index in [4.69, 9.17) is 4.74 Å². The molecular formula is C25H26N4O5. The molecule has 176 valence electrons. The summed E-state index contributed by atoms with van der Waals surface area (Å²) in [6.07, 6.45) is 1.55. The van der Waals surface area contributed by atoms with Gasteiger partial charge in [0.25, 0.3) is 5.91 Å². The van der Waals surface area contributed by atoms with Crippen LogP contribution in [0.2, 0.25) is 0 Å². The number of hydrogen-bond acceptors (Lipinski definition) is 6. The van der Waals surface area contributed by atoms with Crippen LogP contribution in [-0.2, 0) is 14.3 Å². The monoisotopic (exact) mass is 462 g/mol. The minimum absolute atomic E-state index is 0.0404. The highest BCUT2D eigenvalue weighted by Crippen LogP contribution is 2.31. The lowest BCUT2D eigenvalue weighted by Gasteiger charge is -2.35. The van der Waals surface area contributed by atoms with E-state index in [1.165, 1.54) is 4.90 Å². The van der Waals surface area contributed by atoms with Crippen molar-refractivity contribution >= 4 is 34.5 Å². The maximum absolute atomic E-state index is 13.2. The normalized spacial score (nSPS) is 19.8. The van der Waals surface area contributed by atoms with Crippen molar-refractivity contribution in [2.24, 2.45) is 0 Å². The first kappa shape index (κ1) is 22.1. The largest absolute Gasteiger partial charge is 0.462 e. The van der Waals surface area contributed by atoms with Gasteiger partial charge in [-0.2, -0.15) is 0 Å². The molecule has 34 heavy (non-hydrogen) atoms. The van der Waals surface area contributed by atoms with Crippen molar-refractivity contribution in [1.82, 2.24) is 14.5 Å². The number of hydrogen-bond donors (Lipinski definition) is 1. The van der Waals surface area contributed by atoms with Crippen LogP contribution in [0.4, 0.5) is 5.69 Å². The molecule has 2 aromatic carbocycles. The molecule has 2 saturated heterocycles. The molecule has 0 spiro atoms. The zero-order chi connectivity index (χ0) is 23.8. The predicted octanol–water partition coefficient (Wildman–Crippen LogP) is 2.48. The van der Waals surface area contributed by atoms with E-state index in [9.17, 15) is 19.2 Å². The number of amides is 2. The van der Waals surface area contributed by atoms with Crippen molar-refractivity contribution in [2.75, 3.05) is 24.6 Å². The fourth-order valence-electron chi connectivity index (χ4n) is 5.03. The molecule has 2 aliphatic rings. The number of imidazole rings is 1. The molecular weight excluding hydrogens is 436 g/mol. The molecule has 2 fully saturated rings. The van der Waals surface area contributed by atoms with Gasteiger partial charge >= 0.3 is 11.7 Å². The van der Waals surface area contributed by atoms with Crippen molar-refractivity contribution < 1.29 is 19.1 Å². The molecule has 3 aromatic rings. The second-order valence-electron chi connectivity index (χ2n) is 8.64. The number of carbonyl (C=O) groups is 3. The van der Waals surface area contributed by atoms with Crippen LogP contribution in [0.15, 0.2) is 53.3 Å². The Hall–Kier alpha value is -3.72. The van der Waals surface area contributed by atoms with Crippen LogP contribution in [0, 0.1) is 0 Å². The zero-order valence-electron chi connectivity index (χ0n) is 18.9. The molecule has 1 aromatic heterocycles. The van der Waals surface area contributed by atoms with Gasteiger partial charge in [-0.3, -0.25) is 19.1 Å². The third-order valence-electron chi connectivity index (χ3n) is 6.69. The number of ether oxygens (including phenoxy) is 1. The molecule has 0 saturated carbocycles. The Morgan fingerprint density at radius 1 is 1.03 bits per heavy atom. The van der Waals surface area contributed by atoms with Crippen LogP contribution in [0.3, 0.4) is 0 Å². The number of likely N-dealkylation sites (tertiary alicyclic amines) is 1. The van der Waals surface area contributed by atoms with Crippen molar-refractivity contribution in [3.05, 3.63) is 64.6 Å². The Morgan fingerprint density at radius 2 is 1.74 bits per heavy atom. The number of rotatable bonds is 5. The Balaban J connectivity index is 1.27. The Morgan fingerprint density at radius 3 is 2.44 bits per heavy atom. The minimum Gasteiger partial charge on any atom is -0.462 e. The minimum atomic E-state index is -0.516. The van der Waals surface area contributed by atoms with E-state index < -0.39 is 12.0 Å². The van der Waals surface area contributed by atoms with Gasteiger partial charge < -0.3 is 9.72 Å². The van der Waals surface area contributed by atoms with Gasteiger partial charge in [-0.05, 0) is 56.2 Å². The molecule has 1 atom stereocenters. The first-order valence-corrected chi connectivity index (χ1v) is 11.5. The summed E-state index contributed by atoms with van der Waals surface area (Å²) in [7, 11) is 0. The molecule has 1 N–H and O–H groups in total. The Bertz CT molecular complexity index is 1300. The number of anilines is 1. The maximum Gasteiger partial charge on any atom is 0.338 e. The number of H-pyrrole nitrogens is 1. The Kier molecular flexibility index (Phi) is 5.79. The van der Waals surface area contributed by atoms with Crippen molar-refractivity contribution in [3.8, 4) is 0 Å². The summed E-state index contributed by atoms with van der Waals surface area (Å²) >= 11 is 0. The summed E-state index contributed by atoms with van der Waals surface area (Å²) in [4.78, 5) is 56.5. The smallest absolute Gasteiger partial charge is 0.338 e. The highest BCUT2D eigenvalue weighted by atomic mass is 16.5. The number of piperidine rings is 1. The van der Waals surface area contributed by atoms with Crippen LogP contribution in [-0.4, -0.2) is 58.0 Å². The third kappa shape index (κ3) is 3.81. The summed E-state index contributed by atoms with van der Waals surface area (Å²) in [5.74, 6) is -0.950. The van der Waals surface area contributed by atoms with Gasteiger partial charge in [0.05, 0.1) is 41.4 Å². The summed E-state index contributed by atoms with van der Waals surface area (Å²) in [5.41, 5.74) is 2.40. The average molecular weight is 463 g/mol. The topological polar surface area (TPSA) is 105 Å². The van der Waals surface area contributed by atoms with Gasteiger partial charge in [0.2, 0.25) is 5.91 Å². The molecule has 3 heterocycles. The van der Waals surface area contributed by atoms with E-state index in [-0.39, 0.29) is 36.6 Å². The summed E-state index contributed by atoms with van der Waals surface area (Å²) < 4.78 is 6.79. The number of esters is 1. The molecule has 0 radical (unpaired) electrons. The van der Waals surface area contributed by atoms with E-state index >= 15 is 0 Å². The van der Waals surface area contributed by atoms with Crippen LogP contribution in [0.1, 0.15) is 42.6 Å². The van der Waals surface area contributed by atoms with Gasteiger partial charge in [0.1, 0.15) is 0 Å². The van der Waals surface area contributed by atoms with Crippen molar-refractivity contribution in [3.63, 3.8) is 0 Å². The van der Waals surface area contributed by atoms with Crippen LogP contribution < -0.4 is 10.6 Å². The van der Waals surface area contributed by atoms with Crippen LogP contribution in [0.5, 0.6) is 0 Å². The van der Waals surface area contributed by atoms with E-state index in [2.05, 4.69) is 4.98 Å². The fourth-order valence-corrected chi connectivity index (χ4v) is 5.03. The number of carbonyl (C=O) groups excluding carboxylic acids is 3. The number of para-hydroxylation sites is 2. The van der Waals surface area contributed by atoms with Gasteiger partial charge in [-0.1, -0.05) is 12.1 Å². The van der Waals surface area contributed by atoms with E-state index in [0.717, 1.165) is 11.0 Å². The molecule has 1 unspecified atom stereocenters. The number of nitrogens with one attached hydrogen (secondary N) is 1. The van der Waals surface area contributed by atoms with Crippen molar-refractivity contribution in [1.29, 1.82) is 0 Å². The van der Waals surface area contributed by atoms with E-state index in [1.54, 1.807) is 31.2 Å². The lowest BCUT2D eigenvalue weighted by atomic mass is 10.0. The summed E-state index contributed by atoms with van der Waals surface area (Å²) in [6.45, 7) is 3.25. The fraction of sp³-hybridized carbons (Fsp3) is 0.360. The highest BCUT2D eigenvalue weighted by Gasteiger charge is 2.43. The Labute approximate surface area is 195 Å². The maximum atomic E-state index is 13.2. The number of imide groups is 1. The van der Waals surface area contributed by atoms with Crippen LogP contribution >= 0.6 is 0 Å². The number of aromatic amines is 1. The number of aromatic nitrogens is 2. The van der Waals surface area contributed by atoms with Gasteiger partial charge in [-0.15, -0.1) is 0 Å². The van der Waals surface area contributed by atoms with E-state index in [1.807, 2.05) is 33.7 Å². The van der Waals surface area contributed by atoms with Gasteiger partial charge in [-0.25, -0.2) is 14.5 Å². The van der Waals surface area contributed by atoms with Gasteiger partial charge in [0, 0.05) is 19.1 Å². The molecule has 0 bridgehead atoms. The molecule has 9 nitrogen and oxygen atoms in total. The lowest BCUT2D eigenvalue weighted by molar-refractivity contribution is -0.123. The lowest BCUT2D eigenvalue weighted by Crippen LogP contribution is -2.46. The molecule has 0 aliphatic carbocycles. The standard InChI is InChI=1S/C25H26N4O5/c1-2-34-24(32)16-7-9-17(10-8-16)29-22(30)15-21(23(29)31)27-13-11-18(12-14-27)28-20-6-4-3-5-19(20)26-25(28)33/h3-10,18,21H,2,11-15H2,1H3,(H,26,33). The quantitative estimate of drug-likeness (QED) is 0.461. The number of fused-ring (bicyclic) bond motifs is 1. The predicted molar refractivity (Wildman–Crippen MR) is 126 cm³/mol. The van der Waals surface area contributed by atoms with Crippen LogP contribution in [0.25, 0.3) is 11.0 Å².